The standard InChI is InChI=1S/C57H32N4OS/c1-3-15-36-31-48-43(28-34(36)13-1)40-19-7-9-22-46(40)61(48)47-25-26-49-53(45-29-35-14-2-4-16-37(35)32-50(45)62-49)54(47)57-59-55(38-24-27-52-44(30-38)41-20-8-10-23-51(41)63-52)58-56(60-57)42-21-11-17-33-12-5-6-18-39(33)42/h1-32H. The first-order valence-corrected chi connectivity index (χ1v) is 22.0. The fourth-order valence-corrected chi connectivity index (χ4v) is 11.0. The van der Waals surface area contributed by atoms with E-state index in [0.29, 0.717) is 17.5 Å². The molecule has 14 aromatic rings. The van der Waals surface area contributed by atoms with Gasteiger partial charge in [0.05, 0.1) is 22.3 Å². The average Bonchev–Trinajstić information content (AvgIpc) is 4.00. The predicted molar refractivity (Wildman–Crippen MR) is 263 cm³/mol. The number of aromatic nitrogens is 4. The SMILES string of the molecule is c1ccc2cc3c(cc2c1)oc1ccc(-n2c4ccccc4c4cc5ccccc5cc42)c(-c2nc(-c4ccc5sc6ccccc6c5c4)nc(-c4cccc5ccccc45)n2)c13. The number of fused-ring (bicyclic) bond motifs is 12. The molecule has 14 rings (SSSR count). The molecule has 0 aliphatic heterocycles. The van der Waals surface area contributed by atoms with Gasteiger partial charge in [-0.1, -0.05) is 127 Å². The second-order valence-corrected chi connectivity index (χ2v) is 17.4. The van der Waals surface area contributed by atoms with Crippen molar-refractivity contribution in [3.05, 3.63) is 194 Å². The zero-order valence-corrected chi connectivity index (χ0v) is 34.4. The van der Waals surface area contributed by atoms with Crippen LogP contribution >= 0.6 is 11.3 Å². The zero-order valence-electron chi connectivity index (χ0n) is 33.6. The highest BCUT2D eigenvalue weighted by atomic mass is 32.1. The third kappa shape index (κ3) is 5.19. The minimum atomic E-state index is 0.571. The van der Waals surface area contributed by atoms with E-state index in [1.165, 1.54) is 41.7 Å². The molecule has 0 unspecified atom stereocenters. The molecule has 0 fully saturated rings. The Balaban J connectivity index is 1.15. The number of rotatable bonds is 4. The van der Waals surface area contributed by atoms with Gasteiger partial charge in [0, 0.05) is 52.8 Å². The summed E-state index contributed by atoms with van der Waals surface area (Å²) in [5.74, 6) is 1.78. The molecule has 0 atom stereocenters. The topological polar surface area (TPSA) is 56.7 Å². The summed E-state index contributed by atoms with van der Waals surface area (Å²) in [6.45, 7) is 0. The zero-order chi connectivity index (χ0) is 41.2. The van der Waals surface area contributed by atoms with Gasteiger partial charge in [0.15, 0.2) is 17.5 Å². The Kier molecular flexibility index (Phi) is 7.21. The lowest BCUT2D eigenvalue weighted by Crippen LogP contribution is -2.04. The molecule has 0 radical (unpaired) electrons. The molecule has 6 heteroatoms. The number of furan rings is 1. The molecule has 292 valence electrons. The van der Waals surface area contributed by atoms with Gasteiger partial charge in [0.1, 0.15) is 11.2 Å². The van der Waals surface area contributed by atoms with E-state index < -0.39 is 0 Å². The fourth-order valence-electron chi connectivity index (χ4n) is 9.89. The first kappa shape index (κ1) is 34.5. The normalized spacial score (nSPS) is 12.1. The highest BCUT2D eigenvalue weighted by Crippen LogP contribution is 2.45. The largest absolute Gasteiger partial charge is 0.456 e. The van der Waals surface area contributed by atoms with Gasteiger partial charge in [0.2, 0.25) is 0 Å². The van der Waals surface area contributed by atoms with Gasteiger partial charge in [-0.25, -0.2) is 15.0 Å². The Morgan fingerprint density at radius 2 is 1.02 bits per heavy atom. The van der Waals surface area contributed by atoms with Gasteiger partial charge in [0.25, 0.3) is 0 Å². The summed E-state index contributed by atoms with van der Waals surface area (Å²) in [7, 11) is 0. The van der Waals surface area contributed by atoms with E-state index in [-0.39, 0.29) is 0 Å². The van der Waals surface area contributed by atoms with E-state index in [2.05, 4.69) is 199 Å². The predicted octanol–water partition coefficient (Wildman–Crippen LogP) is 15.7. The van der Waals surface area contributed by atoms with E-state index in [9.17, 15) is 0 Å². The van der Waals surface area contributed by atoms with Crippen LogP contribution in [0.4, 0.5) is 0 Å². The van der Waals surface area contributed by atoms with Gasteiger partial charge >= 0.3 is 0 Å². The van der Waals surface area contributed by atoms with E-state index in [0.717, 1.165) is 76.9 Å². The van der Waals surface area contributed by atoms with Crippen molar-refractivity contribution in [2.45, 2.75) is 0 Å². The molecule has 0 saturated carbocycles. The van der Waals surface area contributed by atoms with Crippen LogP contribution in [0.2, 0.25) is 0 Å². The second kappa shape index (κ2) is 13.2. The van der Waals surface area contributed by atoms with Crippen LogP contribution in [-0.4, -0.2) is 19.5 Å². The maximum atomic E-state index is 6.82. The summed E-state index contributed by atoms with van der Waals surface area (Å²) in [5.41, 5.74) is 7.49. The first-order valence-electron chi connectivity index (χ1n) is 21.2. The van der Waals surface area contributed by atoms with Crippen molar-refractivity contribution in [3.63, 3.8) is 0 Å². The van der Waals surface area contributed by atoms with Crippen molar-refractivity contribution >= 4 is 108 Å². The molecule has 5 nitrogen and oxygen atoms in total. The van der Waals surface area contributed by atoms with Crippen LogP contribution in [0.3, 0.4) is 0 Å². The Hall–Kier alpha value is -8.19. The van der Waals surface area contributed by atoms with Crippen LogP contribution in [0.5, 0.6) is 0 Å². The number of nitrogens with zero attached hydrogens (tertiary/aromatic N) is 4. The highest BCUT2D eigenvalue weighted by molar-refractivity contribution is 7.25. The molecule has 63 heavy (non-hydrogen) atoms. The van der Waals surface area contributed by atoms with Crippen LogP contribution in [0.1, 0.15) is 0 Å². The lowest BCUT2D eigenvalue weighted by molar-refractivity contribution is 0.669. The van der Waals surface area contributed by atoms with Gasteiger partial charge in [-0.3, -0.25) is 0 Å². The maximum absolute atomic E-state index is 6.82. The van der Waals surface area contributed by atoms with Crippen molar-refractivity contribution in [3.8, 4) is 39.9 Å². The molecule has 0 bridgehead atoms. The van der Waals surface area contributed by atoms with Crippen molar-refractivity contribution in [1.82, 2.24) is 19.5 Å². The van der Waals surface area contributed by atoms with Crippen molar-refractivity contribution in [2.75, 3.05) is 0 Å². The number of hydrogen-bond donors (Lipinski definition) is 0. The van der Waals surface area contributed by atoms with Gasteiger partial charge in [-0.05, 0) is 99.0 Å². The van der Waals surface area contributed by atoms with Gasteiger partial charge in [-0.2, -0.15) is 0 Å². The Morgan fingerprint density at radius 1 is 0.381 bits per heavy atom. The summed E-state index contributed by atoms with van der Waals surface area (Å²) in [6.07, 6.45) is 0. The van der Waals surface area contributed by atoms with Crippen LogP contribution < -0.4 is 0 Å². The minimum Gasteiger partial charge on any atom is -0.456 e. The third-order valence-electron chi connectivity index (χ3n) is 12.8. The Morgan fingerprint density at radius 3 is 1.86 bits per heavy atom. The summed E-state index contributed by atoms with van der Waals surface area (Å²) >= 11 is 1.81. The van der Waals surface area contributed by atoms with Crippen molar-refractivity contribution in [1.29, 1.82) is 0 Å². The highest BCUT2D eigenvalue weighted by Gasteiger charge is 2.25. The second-order valence-electron chi connectivity index (χ2n) is 16.3. The molecule has 10 aromatic carbocycles. The third-order valence-corrected chi connectivity index (χ3v) is 13.9. The van der Waals surface area contributed by atoms with Crippen LogP contribution in [0.15, 0.2) is 199 Å². The quantitative estimate of drug-likeness (QED) is 0.177. The molecular weight excluding hydrogens is 789 g/mol. The summed E-state index contributed by atoms with van der Waals surface area (Å²) < 4.78 is 11.7. The van der Waals surface area contributed by atoms with Gasteiger partial charge < -0.3 is 8.98 Å². The smallest absolute Gasteiger partial charge is 0.166 e. The van der Waals surface area contributed by atoms with E-state index >= 15 is 0 Å². The summed E-state index contributed by atoms with van der Waals surface area (Å²) in [4.78, 5) is 16.5. The minimum absolute atomic E-state index is 0.571. The van der Waals surface area contributed by atoms with Crippen LogP contribution in [-0.2, 0) is 0 Å². The number of para-hydroxylation sites is 1. The molecule has 0 spiro atoms. The molecular formula is C57H32N4OS. The van der Waals surface area contributed by atoms with Gasteiger partial charge in [-0.15, -0.1) is 11.3 Å². The maximum Gasteiger partial charge on any atom is 0.166 e. The lowest BCUT2D eigenvalue weighted by atomic mass is 10.00. The molecule has 0 amide bonds. The summed E-state index contributed by atoms with van der Waals surface area (Å²) in [5, 5.41) is 13.6. The molecule has 4 heterocycles. The Labute approximate surface area is 363 Å². The number of thiophene rings is 1. The van der Waals surface area contributed by atoms with E-state index in [1.54, 1.807) is 0 Å². The number of hydrogen-bond acceptors (Lipinski definition) is 5. The molecule has 0 aliphatic carbocycles. The van der Waals surface area contributed by atoms with Crippen LogP contribution in [0.25, 0.3) is 136 Å². The average molecular weight is 821 g/mol. The van der Waals surface area contributed by atoms with Crippen molar-refractivity contribution in [2.24, 2.45) is 0 Å². The molecule has 4 aromatic heterocycles. The monoisotopic (exact) mass is 820 g/mol. The van der Waals surface area contributed by atoms with Crippen LogP contribution in [0, 0.1) is 0 Å². The van der Waals surface area contributed by atoms with E-state index in [4.69, 9.17) is 19.4 Å². The molecule has 0 N–H and O–H groups in total. The fraction of sp³-hybridized carbons (Fsp3) is 0. The Bertz CT molecular complexity index is 4230. The molecule has 0 saturated heterocycles. The lowest BCUT2D eigenvalue weighted by Gasteiger charge is -2.16. The summed E-state index contributed by atoms with van der Waals surface area (Å²) in [6, 6.07) is 69.2. The first-order chi connectivity index (χ1) is 31.2. The number of benzene rings is 10. The van der Waals surface area contributed by atoms with E-state index in [1.807, 2.05) is 11.3 Å². The van der Waals surface area contributed by atoms with Crippen molar-refractivity contribution < 1.29 is 4.42 Å². The molecule has 0 aliphatic rings.